The number of likely N-dealkylation sites (tertiary alicyclic amines) is 1. The molecule has 1 fully saturated rings. The van der Waals surface area contributed by atoms with Crippen LogP contribution in [0, 0.1) is 16.0 Å². The van der Waals surface area contributed by atoms with Gasteiger partial charge in [-0.2, -0.15) is 0 Å². The highest BCUT2D eigenvalue weighted by Gasteiger charge is 2.29. The van der Waals surface area contributed by atoms with Gasteiger partial charge in [0.2, 0.25) is 0 Å². The maximum absolute atomic E-state index is 12.7. The maximum Gasteiger partial charge on any atom is 0.294 e. The summed E-state index contributed by atoms with van der Waals surface area (Å²) in [5.41, 5.74) is -0.150. The van der Waals surface area contributed by atoms with E-state index in [0.717, 1.165) is 35.9 Å². The number of hydrogen-bond acceptors (Lipinski definition) is 7. The van der Waals surface area contributed by atoms with E-state index >= 15 is 0 Å². The molecule has 0 unspecified atom stereocenters. The monoisotopic (exact) mass is 447 g/mol. The van der Waals surface area contributed by atoms with Crippen LogP contribution in [-0.4, -0.2) is 45.5 Å². The van der Waals surface area contributed by atoms with Crippen LogP contribution in [0.5, 0.6) is 0 Å². The standard InChI is InChI=1S/C16H15Cl2N3O4S2/c17-10-6-19-7-11(18)14(10)27-16-12(21(24)25)5-13(26-16)15(23)20-3-1-9(8-22)2-4-20/h5-7,9,22H,1-4,8H2. The Kier molecular flexibility index (Phi) is 6.59. The van der Waals surface area contributed by atoms with Gasteiger partial charge in [0.1, 0.15) is 9.09 Å². The molecule has 0 aromatic carbocycles. The number of nitrogens with zero attached hydrogens (tertiary/aromatic N) is 3. The van der Waals surface area contributed by atoms with Gasteiger partial charge in [0.25, 0.3) is 11.6 Å². The Morgan fingerprint density at radius 3 is 2.56 bits per heavy atom. The minimum Gasteiger partial charge on any atom is -0.396 e. The topological polar surface area (TPSA) is 96.6 Å². The fourth-order valence-electron chi connectivity index (χ4n) is 2.73. The predicted molar refractivity (Wildman–Crippen MR) is 105 cm³/mol. The summed E-state index contributed by atoms with van der Waals surface area (Å²) in [6.45, 7) is 1.17. The first-order valence-corrected chi connectivity index (χ1v) is 10.4. The predicted octanol–water partition coefficient (Wildman–Crippen LogP) is 4.35. The average Bonchev–Trinajstić information content (AvgIpc) is 3.08. The number of halogens is 2. The number of amides is 1. The van der Waals surface area contributed by atoms with E-state index in [-0.39, 0.29) is 34.2 Å². The quantitative estimate of drug-likeness (QED) is 0.540. The van der Waals surface area contributed by atoms with Crippen molar-refractivity contribution in [1.29, 1.82) is 0 Å². The third-order valence-corrected chi connectivity index (χ3v) is 7.49. The van der Waals surface area contributed by atoms with Crippen molar-refractivity contribution in [2.24, 2.45) is 5.92 Å². The summed E-state index contributed by atoms with van der Waals surface area (Å²) < 4.78 is 0.337. The maximum atomic E-state index is 12.7. The summed E-state index contributed by atoms with van der Waals surface area (Å²) >= 11 is 14.3. The van der Waals surface area contributed by atoms with E-state index in [0.29, 0.717) is 27.1 Å². The fraction of sp³-hybridized carbons (Fsp3) is 0.375. The van der Waals surface area contributed by atoms with E-state index in [2.05, 4.69) is 4.98 Å². The minimum atomic E-state index is -0.517. The molecule has 1 aliphatic rings. The average molecular weight is 448 g/mol. The molecule has 0 aliphatic carbocycles. The van der Waals surface area contributed by atoms with Crippen molar-refractivity contribution < 1.29 is 14.8 Å². The zero-order valence-electron chi connectivity index (χ0n) is 13.9. The third kappa shape index (κ3) is 4.55. The molecule has 1 amide bonds. The second-order valence-electron chi connectivity index (χ2n) is 5.99. The molecule has 144 valence electrons. The van der Waals surface area contributed by atoms with Gasteiger partial charge in [0, 0.05) is 38.2 Å². The summed E-state index contributed by atoms with van der Waals surface area (Å²) in [5, 5.41) is 21.2. The zero-order valence-corrected chi connectivity index (χ0v) is 17.1. The molecule has 1 saturated heterocycles. The number of aromatic nitrogens is 1. The number of pyridine rings is 1. The molecule has 11 heteroatoms. The fourth-order valence-corrected chi connectivity index (χ4v) is 5.57. The van der Waals surface area contributed by atoms with Gasteiger partial charge in [-0.05, 0) is 18.8 Å². The van der Waals surface area contributed by atoms with Crippen molar-refractivity contribution in [3.63, 3.8) is 0 Å². The minimum absolute atomic E-state index is 0.112. The molecule has 7 nitrogen and oxygen atoms in total. The Balaban J connectivity index is 1.85. The van der Waals surface area contributed by atoms with Crippen LogP contribution in [0.2, 0.25) is 10.0 Å². The van der Waals surface area contributed by atoms with Crippen molar-refractivity contribution in [2.45, 2.75) is 21.9 Å². The van der Waals surface area contributed by atoms with Gasteiger partial charge in [-0.15, -0.1) is 11.3 Å². The normalized spacial score (nSPS) is 15.1. The summed E-state index contributed by atoms with van der Waals surface area (Å²) in [6, 6.07) is 1.30. The summed E-state index contributed by atoms with van der Waals surface area (Å²) in [6.07, 6.45) is 4.26. The Bertz CT molecular complexity index is 849. The first-order chi connectivity index (χ1) is 12.9. The Morgan fingerprint density at radius 1 is 1.37 bits per heavy atom. The summed E-state index contributed by atoms with van der Waals surface area (Å²) in [5.74, 6) is -0.0351. The van der Waals surface area contributed by atoms with E-state index < -0.39 is 4.92 Å². The molecular weight excluding hydrogens is 433 g/mol. The van der Waals surface area contributed by atoms with E-state index in [1.807, 2.05) is 0 Å². The van der Waals surface area contributed by atoms with Crippen LogP contribution in [0.15, 0.2) is 27.6 Å². The van der Waals surface area contributed by atoms with Crippen molar-refractivity contribution >= 4 is 57.9 Å². The lowest BCUT2D eigenvalue weighted by molar-refractivity contribution is -0.387. The molecule has 0 radical (unpaired) electrons. The largest absolute Gasteiger partial charge is 0.396 e. The lowest BCUT2D eigenvalue weighted by Gasteiger charge is -2.30. The van der Waals surface area contributed by atoms with Crippen LogP contribution < -0.4 is 0 Å². The van der Waals surface area contributed by atoms with Crippen LogP contribution in [0.25, 0.3) is 0 Å². The van der Waals surface area contributed by atoms with Crippen molar-refractivity contribution in [3.05, 3.63) is 43.5 Å². The van der Waals surface area contributed by atoms with Crippen LogP contribution in [-0.2, 0) is 0 Å². The van der Waals surface area contributed by atoms with Gasteiger partial charge < -0.3 is 10.0 Å². The van der Waals surface area contributed by atoms with E-state index in [1.165, 1.54) is 18.5 Å². The molecule has 3 rings (SSSR count). The molecule has 27 heavy (non-hydrogen) atoms. The Hall–Kier alpha value is -1.39. The molecule has 0 bridgehead atoms. The van der Waals surface area contributed by atoms with E-state index in [9.17, 15) is 20.0 Å². The first kappa shape index (κ1) is 20.3. The van der Waals surface area contributed by atoms with Crippen molar-refractivity contribution in [2.75, 3.05) is 19.7 Å². The second-order valence-corrected chi connectivity index (χ2v) is 9.14. The van der Waals surface area contributed by atoms with Crippen LogP contribution in [0.4, 0.5) is 5.69 Å². The molecular formula is C16H15Cl2N3O4S2. The van der Waals surface area contributed by atoms with Crippen LogP contribution in [0.3, 0.4) is 0 Å². The van der Waals surface area contributed by atoms with Crippen LogP contribution >= 0.6 is 46.3 Å². The molecule has 0 spiro atoms. The molecule has 2 aromatic rings. The summed E-state index contributed by atoms with van der Waals surface area (Å²) in [7, 11) is 0. The SMILES string of the molecule is O=C(c1cc([N+](=O)[O-])c(Sc2c(Cl)cncc2Cl)s1)N1CCC(CO)CC1. The Morgan fingerprint density at radius 2 is 2.00 bits per heavy atom. The molecule has 1 aliphatic heterocycles. The molecule has 0 atom stereocenters. The number of nitro groups is 1. The van der Waals surface area contributed by atoms with Gasteiger partial charge in [0.15, 0.2) is 0 Å². The molecule has 3 heterocycles. The number of aliphatic hydroxyl groups is 1. The molecule has 1 N–H and O–H groups in total. The highest BCUT2D eigenvalue weighted by Crippen LogP contribution is 2.46. The van der Waals surface area contributed by atoms with E-state index in [1.54, 1.807) is 4.90 Å². The molecule has 2 aromatic heterocycles. The van der Waals surface area contributed by atoms with Gasteiger partial charge >= 0.3 is 0 Å². The number of carbonyl (C=O) groups excluding carboxylic acids is 1. The Labute approximate surface area is 173 Å². The number of hydrogen-bond donors (Lipinski definition) is 1. The van der Waals surface area contributed by atoms with Gasteiger partial charge in [-0.1, -0.05) is 35.0 Å². The number of thiophene rings is 1. The summed E-state index contributed by atoms with van der Waals surface area (Å²) in [4.78, 5) is 30.0. The first-order valence-electron chi connectivity index (χ1n) is 8.06. The lowest BCUT2D eigenvalue weighted by atomic mass is 9.98. The smallest absolute Gasteiger partial charge is 0.294 e. The zero-order chi connectivity index (χ0) is 19.6. The molecule has 0 saturated carbocycles. The van der Waals surface area contributed by atoms with E-state index in [4.69, 9.17) is 23.2 Å². The van der Waals surface area contributed by atoms with Gasteiger partial charge in [-0.25, -0.2) is 0 Å². The van der Waals surface area contributed by atoms with Gasteiger partial charge in [0.05, 0.1) is 19.9 Å². The van der Waals surface area contributed by atoms with Crippen molar-refractivity contribution in [1.82, 2.24) is 9.88 Å². The lowest BCUT2D eigenvalue weighted by Crippen LogP contribution is -2.38. The van der Waals surface area contributed by atoms with Crippen molar-refractivity contribution in [3.8, 4) is 0 Å². The number of piperidine rings is 1. The van der Waals surface area contributed by atoms with Crippen LogP contribution in [0.1, 0.15) is 22.5 Å². The second kappa shape index (κ2) is 8.74. The van der Waals surface area contributed by atoms with Gasteiger partial charge in [-0.3, -0.25) is 19.9 Å². The number of rotatable bonds is 5. The number of carbonyl (C=O) groups is 1. The third-order valence-electron chi connectivity index (χ3n) is 4.25. The number of aliphatic hydroxyl groups excluding tert-OH is 1. The highest BCUT2D eigenvalue weighted by atomic mass is 35.5. The highest BCUT2D eigenvalue weighted by molar-refractivity contribution is 8.01.